The van der Waals surface area contributed by atoms with E-state index in [4.69, 9.17) is 4.74 Å². The Bertz CT molecular complexity index is 1680. The van der Waals surface area contributed by atoms with Gasteiger partial charge in [0.05, 0.1) is 11.1 Å². The summed E-state index contributed by atoms with van der Waals surface area (Å²) in [4.78, 5) is 0. The molecule has 4 nitrogen and oxygen atoms in total. The Morgan fingerprint density at radius 2 is 1.60 bits per heavy atom. The number of phenolic OH excluding ortho intramolecular Hbond substituents is 1. The number of ether oxygens (including phenoxy) is 2. The highest BCUT2D eigenvalue weighted by Crippen LogP contribution is 2.46. The van der Waals surface area contributed by atoms with Gasteiger partial charge in [0, 0.05) is 6.07 Å². The number of halogens is 10. The number of hydrogen-bond donors (Lipinski definition) is 2. The van der Waals surface area contributed by atoms with Gasteiger partial charge in [0.1, 0.15) is 29.7 Å². The van der Waals surface area contributed by atoms with Crippen molar-refractivity contribution in [3.05, 3.63) is 130 Å². The fourth-order valence-corrected chi connectivity index (χ4v) is 4.89. The maximum atomic E-state index is 15.0. The average Bonchev–Trinajstić information content (AvgIpc) is 3.72. The molecule has 14 heteroatoms. The van der Waals surface area contributed by atoms with Gasteiger partial charge >= 0.3 is 18.7 Å². The maximum absolute atomic E-state index is 15.0. The van der Waals surface area contributed by atoms with E-state index >= 15 is 0 Å². The molecule has 0 aliphatic carbocycles. The monoisotopic (exact) mass is 643 g/mol. The van der Waals surface area contributed by atoms with Crippen LogP contribution in [0.2, 0.25) is 0 Å². The van der Waals surface area contributed by atoms with E-state index in [9.17, 15) is 49.0 Å². The first-order valence-corrected chi connectivity index (χ1v) is 12.9. The Morgan fingerprint density at radius 1 is 0.867 bits per heavy atom. The Morgan fingerprint density at radius 3 is 2.24 bits per heavy atom. The third-order valence-electron chi connectivity index (χ3n) is 7.01. The summed E-state index contributed by atoms with van der Waals surface area (Å²) in [6, 6.07) is 16.9. The second-order valence-corrected chi connectivity index (χ2v) is 10.1. The summed E-state index contributed by atoms with van der Waals surface area (Å²) in [5, 5.41) is 13.2. The van der Waals surface area contributed by atoms with Crippen molar-refractivity contribution >= 4 is 0 Å². The zero-order chi connectivity index (χ0) is 32.7. The van der Waals surface area contributed by atoms with Crippen LogP contribution in [-0.2, 0) is 22.9 Å². The summed E-state index contributed by atoms with van der Waals surface area (Å²) in [5.41, 5.74) is -3.46. The molecule has 2 unspecified atom stereocenters. The topological polar surface area (TPSA) is 54.0 Å². The molecule has 4 aromatic carbocycles. The second-order valence-electron chi connectivity index (χ2n) is 10.1. The number of epoxide rings is 1. The van der Waals surface area contributed by atoms with Gasteiger partial charge in [-0.1, -0.05) is 24.3 Å². The first-order chi connectivity index (χ1) is 21.1. The molecule has 5 rings (SSSR count). The van der Waals surface area contributed by atoms with E-state index in [1.165, 1.54) is 18.2 Å². The van der Waals surface area contributed by atoms with E-state index in [2.05, 4.69) is 22.2 Å². The van der Waals surface area contributed by atoms with Crippen LogP contribution in [0.5, 0.6) is 11.5 Å². The number of aromatic hydroxyl groups is 1. The largest absolute Gasteiger partial charge is 0.505 e. The Hall–Kier alpha value is -4.48. The van der Waals surface area contributed by atoms with Crippen LogP contribution in [0.25, 0.3) is 0 Å². The molecule has 2 N–H and O–H groups in total. The predicted molar refractivity (Wildman–Crippen MR) is 137 cm³/mol. The van der Waals surface area contributed by atoms with Crippen LogP contribution in [0.4, 0.5) is 43.9 Å². The summed E-state index contributed by atoms with van der Waals surface area (Å²) in [6.45, 7) is 0. The molecule has 0 amide bonds. The molecule has 236 valence electrons. The highest BCUT2D eigenvalue weighted by Gasteiger charge is 2.49. The number of hydrogen-bond acceptors (Lipinski definition) is 4. The normalized spacial score (nSPS) is 17.9. The van der Waals surface area contributed by atoms with Gasteiger partial charge in [-0.3, -0.25) is 5.32 Å². The van der Waals surface area contributed by atoms with Crippen LogP contribution < -0.4 is 10.1 Å². The van der Waals surface area contributed by atoms with Crippen molar-refractivity contribution in [3.8, 4) is 11.5 Å². The van der Waals surface area contributed by atoms with Crippen molar-refractivity contribution in [2.45, 2.75) is 43.0 Å². The predicted octanol–water partition coefficient (Wildman–Crippen LogP) is 7.84. The van der Waals surface area contributed by atoms with Crippen molar-refractivity contribution in [3.63, 3.8) is 0 Å². The van der Waals surface area contributed by atoms with E-state index in [0.29, 0.717) is 23.8 Å². The Labute approximate surface area is 248 Å². The van der Waals surface area contributed by atoms with Gasteiger partial charge in [-0.25, -0.2) is 13.2 Å². The van der Waals surface area contributed by atoms with Crippen molar-refractivity contribution in [2.75, 3.05) is 0 Å². The van der Waals surface area contributed by atoms with Gasteiger partial charge < -0.3 is 14.6 Å². The molecular weight excluding hydrogens is 624 g/mol. The lowest BCUT2D eigenvalue weighted by Crippen LogP contribution is -2.47. The van der Waals surface area contributed by atoms with Crippen LogP contribution in [0.15, 0.2) is 72.8 Å². The van der Waals surface area contributed by atoms with E-state index in [0.717, 1.165) is 36.4 Å². The summed E-state index contributed by atoms with van der Waals surface area (Å²) in [5.74, 6) is -5.73. The Balaban J connectivity index is 1.65. The molecule has 1 fully saturated rings. The first kappa shape index (κ1) is 31.9. The van der Waals surface area contributed by atoms with Crippen LogP contribution in [0, 0.1) is 29.6 Å². The molecule has 1 heterocycles. The number of benzene rings is 3. The minimum Gasteiger partial charge on any atom is -0.505 e. The molecule has 0 spiro atoms. The molecule has 1 saturated heterocycles. The van der Waals surface area contributed by atoms with Gasteiger partial charge in [-0.15, -0.1) is 0 Å². The lowest BCUT2D eigenvalue weighted by Gasteiger charge is -2.36. The van der Waals surface area contributed by atoms with Crippen molar-refractivity contribution in [2.24, 2.45) is 0 Å². The molecular formula is C31H19F10NO3. The minimum atomic E-state index is -5.04. The number of nitrogens with one attached hydrogen (secondary N) is 1. The minimum absolute atomic E-state index is 0.0317. The van der Waals surface area contributed by atoms with E-state index < -0.39 is 71.1 Å². The van der Waals surface area contributed by atoms with E-state index in [1.807, 2.05) is 0 Å². The SMILES string of the molecule is Oc1cc([C@@](Cc2cc#ccc2)(NC2OC2c2ccc(F)c(C(F)(F)F)c2)c2cc(F)cc(OC(F)(F)C(F)F)c2)ccc1F. The van der Waals surface area contributed by atoms with Crippen molar-refractivity contribution in [1.82, 2.24) is 5.32 Å². The number of alkyl halides is 7. The van der Waals surface area contributed by atoms with E-state index in [1.54, 1.807) is 0 Å². The number of phenols is 1. The standard InChI is InChI=1S/C31H19F10NO3/c32-20-11-19(12-21(14-20)45-31(40,41)28(35)36)29(15-16-4-2-1-3-5-16,18-7-9-24(34)25(43)13-18)42-27-26(44-27)17-6-8-23(33)22(10-17)30(37,38)39/h2,4-14,26-28,42-43H,15H2/t26?,27?,29-/m1/s1. The fraction of sp³-hybridized carbons (Fsp3) is 0.226. The molecule has 0 bridgehead atoms. The van der Waals surface area contributed by atoms with Crippen molar-refractivity contribution < 1.29 is 58.5 Å². The maximum Gasteiger partial charge on any atom is 0.461 e. The second kappa shape index (κ2) is 11.8. The van der Waals surface area contributed by atoms with E-state index in [-0.39, 0.29) is 23.1 Å². The quantitative estimate of drug-likeness (QED) is 0.137. The molecule has 1 aliphatic heterocycles. The molecule has 1 aliphatic rings. The molecule has 45 heavy (non-hydrogen) atoms. The highest BCUT2D eigenvalue weighted by molar-refractivity contribution is 5.47. The summed E-state index contributed by atoms with van der Waals surface area (Å²) in [6.07, 6.45) is -17.0. The lowest BCUT2D eigenvalue weighted by molar-refractivity contribution is -0.253. The lowest BCUT2D eigenvalue weighted by atomic mass is 9.77. The third-order valence-corrected chi connectivity index (χ3v) is 7.01. The van der Waals surface area contributed by atoms with Crippen LogP contribution in [-0.4, -0.2) is 23.9 Å². The number of rotatable bonds is 10. The van der Waals surface area contributed by atoms with Crippen LogP contribution in [0.3, 0.4) is 0 Å². The van der Waals surface area contributed by atoms with Gasteiger partial charge in [0.2, 0.25) is 0 Å². The summed E-state index contributed by atoms with van der Waals surface area (Å²) < 4.78 is 146. The molecule has 4 aromatic rings. The van der Waals surface area contributed by atoms with Crippen molar-refractivity contribution in [1.29, 1.82) is 0 Å². The van der Waals surface area contributed by atoms with Gasteiger partial charge in [-0.05, 0) is 83.3 Å². The summed E-state index contributed by atoms with van der Waals surface area (Å²) >= 11 is 0. The third kappa shape index (κ3) is 6.79. The zero-order valence-corrected chi connectivity index (χ0v) is 22.4. The molecule has 3 atom stereocenters. The molecule has 0 radical (unpaired) electrons. The Kier molecular flexibility index (Phi) is 8.37. The first-order valence-electron chi connectivity index (χ1n) is 12.9. The van der Waals surface area contributed by atoms with Gasteiger partial charge in [-0.2, -0.15) is 30.7 Å². The fourth-order valence-electron chi connectivity index (χ4n) is 4.89. The smallest absolute Gasteiger partial charge is 0.461 e. The highest BCUT2D eigenvalue weighted by atomic mass is 19.4. The van der Waals surface area contributed by atoms with Gasteiger partial charge in [0.25, 0.3) is 0 Å². The van der Waals surface area contributed by atoms with Crippen LogP contribution in [0.1, 0.15) is 33.9 Å². The zero-order valence-electron chi connectivity index (χ0n) is 22.4. The van der Waals surface area contributed by atoms with Gasteiger partial charge in [0.15, 0.2) is 11.6 Å². The molecule has 0 aromatic heterocycles. The molecule has 0 saturated carbocycles. The summed E-state index contributed by atoms with van der Waals surface area (Å²) in [7, 11) is 0. The van der Waals surface area contributed by atoms with Crippen LogP contribution >= 0.6 is 0 Å². The average molecular weight is 643 g/mol.